The normalized spacial score (nSPS) is 12.0. The van der Waals surface area contributed by atoms with E-state index in [0.29, 0.717) is 22.7 Å². The highest BCUT2D eigenvalue weighted by Crippen LogP contribution is 2.24. The fourth-order valence-corrected chi connectivity index (χ4v) is 5.59. The van der Waals surface area contributed by atoms with E-state index in [1.165, 1.54) is 23.5 Å². The fraction of sp³-hybridized carbons (Fsp3) is 0.0833. The minimum absolute atomic E-state index is 0.132. The summed E-state index contributed by atoms with van der Waals surface area (Å²) in [6, 6.07) is 22.2. The molecule has 0 aliphatic rings. The summed E-state index contributed by atoms with van der Waals surface area (Å²) in [5.41, 5.74) is 2.16. The maximum absolute atomic E-state index is 12.8. The largest absolute Gasteiger partial charge is 0.423 e. The summed E-state index contributed by atoms with van der Waals surface area (Å²) in [5, 5.41) is 1.87. The molecule has 0 saturated heterocycles. The number of hydrogen-bond donors (Lipinski definition) is 0. The van der Waals surface area contributed by atoms with Crippen molar-refractivity contribution >= 4 is 43.3 Å². The first-order valence-corrected chi connectivity index (χ1v) is 13.1. The van der Waals surface area contributed by atoms with Crippen molar-refractivity contribution in [2.45, 2.75) is 18.4 Å². The molecule has 0 saturated carbocycles. The number of aromatic nitrogens is 1. The van der Waals surface area contributed by atoms with Crippen LogP contribution in [0.1, 0.15) is 17.3 Å². The Hall–Kier alpha value is -3.01. The zero-order valence-electron chi connectivity index (χ0n) is 17.5. The fourth-order valence-electron chi connectivity index (χ4n) is 3.14. The number of halogens is 1. The van der Waals surface area contributed by atoms with Gasteiger partial charge in [0.15, 0.2) is 0 Å². The number of hydrogen-bond acceptors (Lipinski definition) is 5. The molecule has 0 radical (unpaired) electrons. The zero-order valence-corrected chi connectivity index (χ0v) is 20.7. The van der Waals surface area contributed by atoms with Crippen LogP contribution in [0.4, 0.5) is 0 Å². The molecule has 1 aromatic heterocycles. The standard InChI is InChI=1S/C24H19BrN2O4S2/c1-2-27-22(16-32-24(27)26-33(29,30)21-14-10-19(25)11-15-21)17-8-12-20(13-9-17)31-23(28)18-6-4-3-5-7-18/h3-16H,2H2,1H3. The molecule has 0 amide bonds. The van der Waals surface area contributed by atoms with Crippen molar-refractivity contribution in [1.82, 2.24) is 4.57 Å². The van der Waals surface area contributed by atoms with E-state index in [9.17, 15) is 13.2 Å². The highest BCUT2D eigenvalue weighted by atomic mass is 79.9. The molecule has 33 heavy (non-hydrogen) atoms. The number of nitrogens with zero attached hydrogens (tertiary/aromatic N) is 2. The minimum atomic E-state index is -3.84. The van der Waals surface area contributed by atoms with Crippen LogP contribution in [0.3, 0.4) is 0 Å². The SMILES string of the molecule is CCn1c(-c2ccc(OC(=O)c3ccccc3)cc2)csc1=NS(=O)(=O)c1ccc(Br)cc1. The van der Waals surface area contributed by atoms with Crippen LogP contribution >= 0.6 is 27.3 Å². The van der Waals surface area contributed by atoms with Crippen LogP contribution in [0, 0.1) is 0 Å². The van der Waals surface area contributed by atoms with Gasteiger partial charge >= 0.3 is 5.97 Å². The molecule has 0 fully saturated rings. The van der Waals surface area contributed by atoms with Gasteiger partial charge in [0.2, 0.25) is 4.80 Å². The van der Waals surface area contributed by atoms with Gasteiger partial charge in [-0.3, -0.25) is 0 Å². The van der Waals surface area contributed by atoms with Crippen LogP contribution in [-0.2, 0) is 16.6 Å². The lowest BCUT2D eigenvalue weighted by atomic mass is 10.1. The summed E-state index contributed by atoms with van der Waals surface area (Å²) in [7, 11) is -3.84. The van der Waals surface area contributed by atoms with Crippen LogP contribution in [-0.4, -0.2) is 19.0 Å². The Balaban J connectivity index is 1.61. The molecule has 9 heteroatoms. The van der Waals surface area contributed by atoms with E-state index >= 15 is 0 Å². The Morgan fingerprint density at radius 1 is 1.00 bits per heavy atom. The second-order valence-electron chi connectivity index (χ2n) is 6.95. The van der Waals surface area contributed by atoms with E-state index in [-0.39, 0.29) is 4.90 Å². The summed E-state index contributed by atoms with van der Waals surface area (Å²) < 4.78 is 37.6. The van der Waals surface area contributed by atoms with Gasteiger partial charge in [-0.25, -0.2) is 4.79 Å². The molecule has 0 unspecified atom stereocenters. The maximum atomic E-state index is 12.8. The van der Waals surface area contributed by atoms with Gasteiger partial charge in [0.1, 0.15) is 5.75 Å². The molecule has 168 valence electrons. The summed E-state index contributed by atoms with van der Waals surface area (Å²) >= 11 is 4.56. The van der Waals surface area contributed by atoms with Crippen LogP contribution in [0.2, 0.25) is 0 Å². The molecule has 1 heterocycles. The van der Waals surface area contributed by atoms with E-state index in [0.717, 1.165) is 15.7 Å². The Morgan fingerprint density at radius 2 is 1.67 bits per heavy atom. The summed E-state index contributed by atoms with van der Waals surface area (Å²) in [6.45, 7) is 2.47. The summed E-state index contributed by atoms with van der Waals surface area (Å²) in [5.74, 6) is -0.00431. The Kier molecular flexibility index (Phi) is 6.92. The molecule has 0 aliphatic heterocycles. The lowest BCUT2D eigenvalue weighted by Crippen LogP contribution is -2.17. The number of carbonyl (C=O) groups is 1. The van der Waals surface area contributed by atoms with Crippen molar-refractivity contribution in [2.75, 3.05) is 0 Å². The first-order valence-electron chi connectivity index (χ1n) is 10.00. The molecular formula is C24H19BrN2O4S2. The van der Waals surface area contributed by atoms with E-state index in [2.05, 4.69) is 20.3 Å². The van der Waals surface area contributed by atoms with Crippen LogP contribution in [0.25, 0.3) is 11.3 Å². The summed E-state index contributed by atoms with van der Waals surface area (Å²) in [6.07, 6.45) is 0. The van der Waals surface area contributed by atoms with Crippen molar-refractivity contribution in [3.8, 4) is 17.0 Å². The van der Waals surface area contributed by atoms with E-state index in [4.69, 9.17) is 4.74 Å². The Labute approximate surface area is 204 Å². The molecular weight excluding hydrogens is 524 g/mol. The highest BCUT2D eigenvalue weighted by molar-refractivity contribution is 9.10. The van der Waals surface area contributed by atoms with Gasteiger partial charge in [0, 0.05) is 16.4 Å². The van der Waals surface area contributed by atoms with Crippen LogP contribution in [0.5, 0.6) is 5.75 Å². The van der Waals surface area contributed by atoms with E-state index in [1.54, 1.807) is 48.5 Å². The molecule has 4 aromatic rings. The monoisotopic (exact) mass is 542 g/mol. The topological polar surface area (TPSA) is 77.7 Å². The maximum Gasteiger partial charge on any atom is 0.343 e. The van der Waals surface area contributed by atoms with E-state index in [1.807, 2.05) is 35.1 Å². The van der Waals surface area contributed by atoms with E-state index < -0.39 is 16.0 Å². The number of esters is 1. The smallest absolute Gasteiger partial charge is 0.343 e. The first kappa shape index (κ1) is 23.2. The number of carbonyl (C=O) groups excluding carboxylic acids is 1. The second-order valence-corrected chi connectivity index (χ2v) is 10.3. The molecule has 4 rings (SSSR count). The number of benzene rings is 3. The third-order valence-corrected chi connectivity index (χ3v) is 7.58. The number of thiazole rings is 1. The minimum Gasteiger partial charge on any atom is -0.423 e. The predicted octanol–water partition coefficient (Wildman–Crippen LogP) is 5.51. The molecule has 6 nitrogen and oxygen atoms in total. The zero-order chi connectivity index (χ0) is 23.4. The number of ether oxygens (including phenoxy) is 1. The molecule has 0 N–H and O–H groups in total. The van der Waals surface area contributed by atoms with Gasteiger partial charge in [-0.2, -0.15) is 8.42 Å². The van der Waals surface area contributed by atoms with Gasteiger partial charge < -0.3 is 9.30 Å². The average Bonchev–Trinajstić information content (AvgIpc) is 3.22. The molecule has 0 aliphatic carbocycles. The van der Waals surface area contributed by atoms with Gasteiger partial charge in [0.05, 0.1) is 16.2 Å². The second kappa shape index (κ2) is 9.86. The lowest BCUT2D eigenvalue weighted by molar-refractivity contribution is 0.0734. The van der Waals surface area contributed by atoms with Crippen molar-refractivity contribution in [3.63, 3.8) is 0 Å². The third kappa shape index (κ3) is 5.32. The van der Waals surface area contributed by atoms with Gasteiger partial charge in [0.25, 0.3) is 10.0 Å². The van der Waals surface area contributed by atoms with Crippen LogP contribution in [0.15, 0.2) is 98.0 Å². The average molecular weight is 543 g/mol. The quantitative estimate of drug-likeness (QED) is 0.238. The third-order valence-electron chi connectivity index (χ3n) is 4.79. The highest BCUT2D eigenvalue weighted by Gasteiger charge is 2.15. The predicted molar refractivity (Wildman–Crippen MR) is 132 cm³/mol. The molecule has 0 atom stereocenters. The van der Waals surface area contributed by atoms with Crippen LogP contribution < -0.4 is 9.54 Å². The van der Waals surface area contributed by atoms with Crippen molar-refractivity contribution in [1.29, 1.82) is 0 Å². The Morgan fingerprint density at radius 3 is 2.30 bits per heavy atom. The molecule has 3 aromatic carbocycles. The van der Waals surface area contributed by atoms with Gasteiger partial charge in [-0.05, 0) is 73.2 Å². The van der Waals surface area contributed by atoms with Gasteiger partial charge in [-0.1, -0.05) is 34.1 Å². The molecule has 0 spiro atoms. The van der Waals surface area contributed by atoms with Gasteiger partial charge in [-0.15, -0.1) is 15.7 Å². The van der Waals surface area contributed by atoms with Crippen molar-refractivity contribution < 1.29 is 17.9 Å². The number of sulfonamides is 1. The number of rotatable bonds is 6. The van der Waals surface area contributed by atoms with Crippen molar-refractivity contribution in [3.05, 3.63) is 99.1 Å². The first-order chi connectivity index (χ1) is 15.9. The Bertz CT molecular complexity index is 1440. The van der Waals surface area contributed by atoms with Crippen molar-refractivity contribution in [2.24, 2.45) is 4.40 Å². The molecule has 0 bridgehead atoms. The lowest BCUT2D eigenvalue weighted by Gasteiger charge is -2.08. The summed E-state index contributed by atoms with van der Waals surface area (Å²) in [4.78, 5) is 12.8.